The van der Waals surface area contributed by atoms with E-state index in [0.29, 0.717) is 25.4 Å². The Hall–Kier alpha value is -2.97. The van der Waals surface area contributed by atoms with E-state index in [0.717, 1.165) is 30.2 Å². The molecule has 3 aromatic heterocycles. The number of carbonyl (C=O) groups excluding carboxylic acids is 1. The van der Waals surface area contributed by atoms with Crippen LogP contribution in [0.4, 0.5) is 0 Å². The molecule has 4 heterocycles. The van der Waals surface area contributed by atoms with E-state index in [-0.39, 0.29) is 17.2 Å². The molecule has 1 fully saturated rings. The molecule has 152 valence electrons. The molecule has 1 amide bonds. The van der Waals surface area contributed by atoms with E-state index in [4.69, 9.17) is 9.15 Å². The summed E-state index contributed by atoms with van der Waals surface area (Å²) in [5.41, 5.74) is 1.06. The smallest absolute Gasteiger partial charge is 0.270 e. The summed E-state index contributed by atoms with van der Waals surface area (Å²) in [4.78, 5) is 32.0. The summed E-state index contributed by atoms with van der Waals surface area (Å²) < 4.78 is 12.7. The molecular formula is C21H24N4O4. The number of hydrogen-bond acceptors (Lipinski definition) is 6. The van der Waals surface area contributed by atoms with Crippen molar-refractivity contribution in [3.63, 3.8) is 0 Å². The van der Waals surface area contributed by atoms with E-state index >= 15 is 0 Å². The molecule has 0 aromatic carbocycles. The van der Waals surface area contributed by atoms with E-state index in [1.54, 1.807) is 12.3 Å². The van der Waals surface area contributed by atoms with Crippen molar-refractivity contribution in [2.24, 2.45) is 0 Å². The Bertz CT molecular complexity index is 1080. The van der Waals surface area contributed by atoms with Gasteiger partial charge in [-0.3, -0.25) is 18.9 Å². The fraction of sp³-hybridized carbons (Fsp3) is 0.381. The molecule has 1 unspecified atom stereocenters. The quantitative estimate of drug-likeness (QED) is 0.706. The second-order valence-electron chi connectivity index (χ2n) is 7.23. The molecule has 0 bridgehead atoms. The van der Waals surface area contributed by atoms with Gasteiger partial charge in [0.05, 0.1) is 19.3 Å². The van der Waals surface area contributed by atoms with E-state index in [9.17, 15) is 9.59 Å². The van der Waals surface area contributed by atoms with Crippen molar-refractivity contribution in [3.05, 3.63) is 69.7 Å². The van der Waals surface area contributed by atoms with Crippen LogP contribution >= 0.6 is 0 Å². The van der Waals surface area contributed by atoms with Crippen LogP contribution in [0.25, 0.3) is 5.65 Å². The van der Waals surface area contributed by atoms with Gasteiger partial charge in [-0.05, 0) is 37.6 Å². The van der Waals surface area contributed by atoms with Crippen molar-refractivity contribution >= 4 is 11.6 Å². The van der Waals surface area contributed by atoms with Gasteiger partial charge in [0, 0.05) is 32.0 Å². The maximum absolute atomic E-state index is 12.8. The fourth-order valence-corrected chi connectivity index (χ4v) is 3.55. The van der Waals surface area contributed by atoms with Crippen molar-refractivity contribution in [1.29, 1.82) is 0 Å². The Morgan fingerprint density at radius 3 is 2.72 bits per heavy atom. The van der Waals surface area contributed by atoms with Crippen LogP contribution in [0.5, 0.6) is 0 Å². The zero-order valence-corrected chi connectivity index (χ0v) is 16.6. The first-order valence-electron chi connectivity index (χ1n) is 9.67. The number of aromatic nitrogens is 2. The summed E-state index contributed by atoms with van der Waals surface area (Å²) in [6.45, 7) is 6.87. The summed E-state index contributed by atoms with van der Waals surface area (Å²) in [5, 5.41) is 2.89. The van der Waals surface area contributed by atoms with Gasteiger partial charge in [0.1, 0.15) is 22.7 Å². The maximum atomic E-state index is 12.8. The summed E-state index contributed by atoms with van der Waals surface area (Å²) in [5.74, 6) is 1.16. The lowest BCUT2D eigenvalue weighted by Crippen LogP contribution is -2.44. The summed E-state index contributed by atoms with van der Waals surface area (Å²) >= 11 is 0. The molecule has 1 N–H and O–H groups in total. The minimum atomic E-state index is -0.444. The Kier molecular flexibility index (Phi) is 5.46. The normalized spacial score (nSPS) is 16.1. The summed E-state index contributed by atoms with van der Waals surface area (Å²) in [7, 11) is 0. The van der Waals surface area contributed by atoms with Gasteiger partial charge in [-0.2, -0.15) is 0 Å². The number of nitrogens with one attached hydrogen (secondary N) is 1. The van der Waals surface area contributed by atoms with Crippen LogP contribution in [0.15, 0.2) is 45.9 Å². The predicted molar refractivity (Wildman–Crippen MR) is 107 cm³/mol. The Morgan fingerprint density at radius 1 is 1.21 bits per heavy atom. The number of hydrogen-bond donors (Lipinski definition) is 1. The third-order valence-electron chi connectivity index (χ3n) is 5.13. The van der Waals surface area contributed by atoms with Crippen LogP contribution in [0.1, 0.15) is 33.5 Å². The fourth-order valence-electron chi connectivity index (χ4n) is 3.55. The molecular weight excluding hydrogens is 372 g/mol. The van der Waals surface area contributed by atoms with Crippen molar-refractivity contribution in [2.45, 2.75) is 19.9 Å². The molecule has 0 saturated carbocycles. The molecule has 29 heavy (non-hydrogen) atoms. The molecule has 1 saturated heterocycles. The van der Waals surface area contributed by atoms with Gasteiger partial charge in [-0.25, -0.2) is 4.98 Å². The molecule has 8 nitrogen and oxygen atoms in total. The monoisotopic (exact) mass is 396 g/mol. The number of ether oxygens (including phenoxy) is 1. The van der Waals surface area contributed by atoms with Gasteiger partial charge >= 0.3 is 0 Å². The predicted octanol–water partition coefficient (Wildman–Crippen LogP) is 1.71. The number of furan rings is 1. The minimum absolute atomic E-state index is 0.0180. The first kappa shape index (κ1) is 19.4. The molecule has 0 radical (unpaired) electrons. The number of aryl methyl sites for hydroxylation is 2. The van der Waals surface area contributed by atoms with E-state index in [2.05, 4.69) is 15.2 Å². The molecule has 0 spiro atoms. The van der Waals surface area contributed by atoms with Crippen LogP contribution in [-0.4, -0.2) is 53.0 Å². The second-order valence-corrected chi connectivity index (χ2v) is 7.23. The zero-order chi connectivity index (χ0) is 20.4. The first-order chi connectivity index (χ1) is 14.0. The van der Waals surface area contributed by atoms with E-state index in [1.807, 2.05) is 32.0 Å². The Morgan fingerprint density at radius 2 is 2.00 bits per heavy atom. The van der Waals surface area contributed by atoms with Crippen LogP contribution in [0.2, 0.25) is 0 Å². The standard InChI is InChI=1S/C21H24N4O4/c1-14-3-6-19-22-11-16(21(27)25(19)13-14)20(26)23-12-17(18-5-4-15(2)29-18)24-7-9-28-10-8-24/h3-6,11,13,17H,7-10,12H2,1-2H3,(H,23,26). The average Bonchev–Trinajstić information content (AvgIpc) is 3.15. The van der Waals surface area contributed by atoms with E-state index in [1.165, 1.54) is 10.6 Å². The third-order valence-corrected chi connectivity index (χ3v) is 5.13. The number of nitrogens with zero attached hydrogens (tertiary/aromatic N) is 3. The lowest BCUT2D eigenvalue weighted by atomic mass is 10.1. The van der Waals surface area contributed by atoms with Crippen LogP contribution in [-0.2, 0) is 4.74 Å². The second kappa shape index (κ2) is 8.18. The number of carbonyl (C=O) groups is 1. The van der Waals surface area contributed by atoms with Gasteiger partial charge in [0.15, 0.2) is 0 Å². The molecule has 3 aromatic rings. The number of morpholine rings is 1. The highest BCUT2D eigenvalue weighted by Crippen LogP contribution is 2.23. The minimum Gasteiger partial charge on any atom is -0.465 e. The van der Waals surface area contributed by atoms with E-state index < -0.39 is 5.91 Å². The van der Waals surface area contributed by atoms with Crippen LogP contribution in [0.3, 0.4) is 0 Å². The molecule has 1 aliphatic rings. The van der Waals surface area contributed by atoms with Crippen molar-refractivity contribution in [3.8, 4) is 0 Å². The number of rotatable bonds is 5. The van der Waals surface area contributed by atoms with Crippen molar-refractivity contribution in [2.75, 3.05) is 32.8 Å². The molecule has 1 aliphatic heterocycles. The van der Waals surface area contributed by atoms with Gasteiger partial charge in [0.25, 0.3) is 11.5 Å². The summed E-state index contributed by atoms with van der Waals surface area (Å²) in [6, 6.07) is 7.34. The lowest BCUT2D eigenvalue weighted by Gasteiger charge is -2.33. The number of amides is 1. The van der Waals surface area contributed by atoms with Crippen LogP contribution < -0.4 is 10.9 Å². The lowest BCUT2D eigenvalue weighted by molar-refractivity contribution is 0.0117. The Balaban J connectivity index is 1.55. The Labute approximate surface area is 168 Å². The van der Waals surface area contributed by atoms with Crippen LogP contribution in [0, 0.1) is 13.8 Å². The first-order valence-corrected chi connectivity index (χ1v) is 9.67. The SMILES string of the molecule is Cc1ccc2ncc(C(=O)NCC(c3ccc(C)o3)N3CCOCC3)c(=O)n2c1. The number of fused-ring (bicyclic) bond motifs is 1. The molecule has 1 atom stereocenters. The maximum Gasteiger partial charge on any atom is 0.270 e. The van der Waals surface area contributed by atoms with Gasteiger partial charge in [-0.15, -0.1) is 0 Å². The van der Waals surface area contributed by atoms with Gasteiger partial charge < -0.3 is 14.5 Å². The highest BCUT2D eigenvalue weighted by Gasteiger charge is 2.26. The van der Waals surface area contributed by atoms with Gasteiger partial charge in [0.2, 0.25) is 0 Å². The zero-order valence-electron chi connectivity index (χ0n) is 16.6. The molecule has 8 heteroatoms. The van der Waals surface area contributed by atoms with Crippen molar-refractivity contribution in [1.82, 2.24) is 19.6 Å². The third kappa shape index (κ3) is 4.08. The highest BCUT2D eigenvalue weighted by molar-refractivity contribution is 5.93. The van der Waals surface area contributed by atoms with Gasteiger partial charge in [-0.1, -0.05) is 6.07 Å². The topological polar surface area (TPSA) is 89.1 Å². The number of pyridine rings is 1. The summed E-state index contributed by atoms with van der Waals surface area (Å²) in [6.07, 6.45) is 3.02. The average molecular weight is 396 g/mol. The molecule has 4 rings (SSSR count). The highest BCUT2D eigenvalue weighted by atomic mass is 16.5. The largest absolute Gasteiger partial charge is 0.465 e. The van der Waals surface area contributed by atoms with Crippen molar-refractivity contribution < 1.29 is 13.9 Å². The molecule has 0 aliphatic carbocycles.